The summed E-state index contributed by atoms with van der Waals surface area (Å²) in [5, 5.41) is 25.1. The minimum absolute atomic E-state index is 0.559. The molecule has 5 aromatic heterocycles. The fourth-order valence-electron chi connectivity index (χ4n) is 8.67. The molecule has 428 valence electrons. The third kappa shape index (κ3) is 16.6. The van der Waals surface area contributed by atoms with Gasteiger partial charge < -0.3 is 18.9 Å². The van der Waals surface area contributed by atoms with E-state index in [0.717, 1.165) is 76.6 Å². The maximum Gasteiger partial charge on any atom is 0.138 e. The first kappa shape index (κ1) is 61.0. The van der Waals surface area contributed by atoms with E-state index in [9.17, 15) is 0 Å². The molecule has 0 saturated carbocycles. The number of aromatic nitrogens is 5. The van der Waals surface area contributed by atoms with Gasteiger partial charge in [0.1, 0.15) is 46.0 Å². The third-order valence-electron chi connectivity index (χ3n) is 12.8. The highest BCUT2D eigenvalue weighted by Gasteiger charge is 2.10. The first-order valence-corrected chi connectivity index (χ1v) is 29.2. The van der Waals surface area contributed by atoms with Crippen LogP contribution >= 0.6 is 62.3 Å². The van der Waals surface area contributed by atoms with E-state index in [1.54, 1.807) is 104 Å². The molecular weight excluding hydrogens is 1250 g/mol. The van der Waals surface area contributed by atoms with Gasteiger partial charge in [0.25, 0.3) is 0 Å². The number of hydrogen-bond acceptors (Lipinski definition) is 11. The maximum atomic E-state index is 8.90. The molecule has 16 heteroatoms. The van der Waals surface area contributed by atoms with Gasteiger partial charge in [0, 0.05) is 82.5 Å². The predicted octanol–water partition coefficient (Wildman–Crippen LogP) is 21.8. The topological polar surface area (TPSA) is 149 Å². The predicted molar refractivity (Wildman–Crippen MR) is 357 cm³/mol. The van der Waals surface area contributed by atoms with Crippen LogP contribution in [0.25, 0.3) is 54.5 Å². The third-order valence-corrected chi connectivity index (χ3v) is 14.3. The van der Waals surface area contributed by atoms with Crippen molar-refractivity contribution in [3.05, 3.63) is 303 Å². The zero-order valence-electron chi connectivity index (χ0n) is 46.5. The van der Waals surface area contributed by atoms with E-state index in [0.29, 0.717) is 54.2 Å². The molecule has 0 bridgehead atoms. The Labute approximate surface area is 535 Å². The summed E-state index contributed by atoms with van der Waals surface area (Å²) in [6, 6.07) is 75.3. The molecule has 0 aliphatic rings. The molecule has 14 rings (SSSR count). The summed E-state index contributed by atoms with van der Waals surface area (Å²) in [6.45, 7) is 2.04. The SMILES string of the molecule is Cc1cccc(Oc2ccnc3cc(Cl)ccc23)c1.Clc1ccc2c(Oc3ccc(Br)cc3)ccnc2c1.N#Cc1ccc(Oc2ccnc3cc(Cl)ccc23)cc1.N#Cc1cccc(Oc2ccnc3cc(Cl)ccc23)c1.c1ccc2ncccc2c1. The Hall–Kier alpha value is -10.2. The average molecular weight is 1290 g/mol. The smallest absolute Gasteiger partial charge is 0.138 e. The lowest BCUT2D eigenvalue weighted by Crippen LogP contribution is -1.88. The van der Waals surface area contributed by atoms with Crippen molar-refractivity contribution in [3.63, 3.8) is 0 Å². The van der Waals surface area contributed by atoms with E-state index in [-0.39, 0.29) is 0 Å². The van der Waals surface area contributed by atoms with Gasteiger partial charge >= 0.3 is 0 Å². The van der Waals surface area contributed by atoms with Crippen molar-refractivity contribution in [1.29, 1.82) is 10.5 Å². The molecule has 0 spiro atoms. The number of ether oxygens (including phenoxy) is 4. The number of aryl methyl sites for hydroxylation is 1. The zero-order valence-corrected chi connectivity index (χ0v) is 51.1. The molecule has 9 aromatic carbocycles. The number of rotatable bonds is 8. The zero-order chi connectivity index (χ0) is 61.2. The van der Waals surface area contributed by atoms with Gasteiger partial charge in [-0.1, -0.05) is 105 Å². The number of pyridine rings is 5. The molecule has 11 nitrogen and oxygen atoms in total. The summed E-state index contributed by atoms with van der Waals surface area (Å²) in [4.78, 5) is 21.3. The van der Waals surface area contributed by atoms with Crippen LogP contribution in [0.1, 0.15) is 16.7 Å². The summed E-state index contributed by atoms with van der Waals surface area (Å²) in [7, 11) is 0. The van der Waals surface area contributed by atoms with Crippen molar-refractivity contribution in [2.45, 2.75) is 6.92 Å². The van der Waals surface area contributed by atoms with Crippen molar-refractivity contribution in [2.24, 2.45) is 0 Å². The number of halogens is 5. The van der Waals surface area contributed by atoms with Crippen molar-refractivity contribution in [1.82, 2.24) is 24.9 Å². The molecule has 0 radical (unpaired) electrons. The highest BCUT2D eigenvalue weighted by atomic mass is 79.9. The number of fused-ring (bicyclic) bond motifs is 5. The second-order valence-corrected chi connectivity index (χ2v) is 21.7. The largest absolute Gasteiger partial charge is 0.457 e. The minimum atomic E-state index is 0.559. The summed E-state index contributed by atoms with van der Waals surface area (Å²) < 4.78 is 24.5. The molecule has 0 unspecified atom stereocenters. The monoisotopic (exact) mass is 1290 g/mol. The Kier molecular flexibility index (Phi) is 20.6. The van der Waals surface area contributed by atoms with Gasteiger partial charge in [-0.2, -0.15) is 10.5 Å². The van der Waals surface area contributed by atoms with E-state index in [4.69, 9.17) is 75.9 Å². The summed E-state index contributed by atoms with van der Waals surface area (Å²) in [5.74, 6) is 5.83. The van der Waals surface area contributed by atoms with Crippen LogP contribution < -0.4 is 18.9 Å². The van der Waals surface area contributed by atoms with E-state index in [2.05, 4.69) is 65.1 Å². The highest BCUT2D eigenvalue weighted by Crippen LogP contribution is 2.35. The van der Waals surface area contributed by atoms with E-state index in [1.165, 1.54) is 10.9 Å². The fourth-order valence-corrected chi connectivity index (χ4v) is 9.60. The maximum absolute atomic E-state index is 8.90. The second kappa shape index (κ2) is 29.8. The lowest BCUT2D eigenvalue weighted by molar-refractivity contribution is 0.487. The van der Waals surface area contributed by atoms with Crippen LogP contribution in [0, 0.1) is 29.6 Å². The van der Waals surface area contributed by atoms with Crippen molar-refractivity contribution in [3.8, 4) is 58.1 Å². The molecule has 0 aliphatic heterocycles. The Balaban J connectivity index is 0.000000123. The van der Waals surface area contributed by atoms with E-state index >= 15 is 0 Å². The lowest BCUT2D eigenvalue weighted by atomic mass is 10.2. The first-order chi connectivity index (χ1) is 42.9. The quantitative estimate of drug-likeness (QED) is 0.143. The number of hydrogen-bond donors (Lipinski definition) is 0. The molecule has 5 heterocycles. The van der Waals surface area contributed by atoms with Gasteiger partial charge in [0.15, 0.2) is 0 Å². The molecule has 0 atom stereocenters. The number of nitrogens with zero attached hydrogens (tertiary/aromatic N) is 7. The standard InChI is InChI=1S/2C16H9ClN2O.C16H12ClNO.C15H9BrClNO.C9H7N/c17-12-3-6-14-15(9-12)19-8-7-16(14)20-13-4-1-11(10-18)2-5-13;17-12-4-5-14-15(9-12)19-7-6-16(14)20-13-3-1-2-11(8-13)10-18;1-11-3-2-4-13(9-11)19-16-7-8-18-15-10-12(17)5-6-14(15)16;16-10-1-4-12(5-2-10)19-15-7-8-18-14-9-11(17)3-6-13(14)15;1-2-6-9-8(4-1)5-3-7-10-9/h2*1-9H;2-10H,1H3;1-9H;1-7H. The van der Waals surface area contributed by atoms with Crippen molar-refractivity contribution >= 4 is 117 Å². The van der Waals surface area contributed by atoms with E-state index in [1.807, 2.05) is 153 Å². The summed E-state index contributed by atoms with van der Waals surface area (Å²) in [5.41, 5.74) is 6.59. The Morgan fingerprint density at radius 2 is 0.716 bits per heavy atom. The van der Waals surface area contributed by atoms with Gasteiger partial charge in [0.2, 0.25) is 0 Å². The summed E-state index contributed by atoms with van der Waals surface area (Å²) >= 11 is 27.2. The van der Waals surface area contributed by atoms with Crippen LogP contribution in [0.3, 0.4) is 0 Å². The normalized spacial score (nSPS) is 10.4. The van der Waals surface area contributed by atoms with Gasteiger partial charge in [-0.25, -0.2) is 0 Å². The molecule has 14 aromatic rings. The van der Waals surface area contributed by atoms with Crippen LogP contribution in [0.4, 0.5) is 0 Å². The fraction of sp³-hybridized carbons (Fsp3) is 0.0139. The van der Waals surface area contributed by atoms with Crippen LogP contribution in [-0.2, 0) is 0 Å². The average Bonchev–Trinajstić information content (AvgIpc) is 3.74. The number of nitriles is 2. The Morgan fingerprint density at radius 3 is 1.15 bits per heavy atom. The van der Waals surface area contributed by atoms with Crippen LogP contribution in [0.15, 0.2) is 266 Å². The molecule has 0 amide bonds. The molecular formula is C72H46BrCl4N7O4. The Morgan fingerprint density at radius 1 is 0.330 bits per heavy atom. The summed E-state index contributed by atoms with van der Waals surface area (Å²) in [6.07, 6.45) is 8.60. The van der Waals surface area contributed by atoms with E-state index < -0.39 is 0 Å². The minimum Gasteiger partial charge on any atom is -0.457 e. The van der Waals surface area contributed by atoms with Gasteiger partial charge in [-0.15, -0.1) is 0 Å². The van der Waals surface area contributed by atoms with Crippen LogP contribution in [-0.4, -0.2) is 24.9 Å². The van der Waals surface area contributed by atoms with Crippen LogP contribution in [0.2, 0.25) is 20.1 Å². The Bertz CT molecular complexity index is 4770. The molecule has 88 heavy (non-hydrogen) atoms. The van der Waals surface area contributed by atoms with Crippen molar-refractivity contribution < 1.29 is 18.9 Å². The second-order valence-electron chi connectivity index (χ2n) is 19.0. The number of para-hydroxylation sites is 1. The van der Waals surface area contributed by atoms with Gasteiger partial charge in [-0.3, -0.25) is 24.9 Å². The van der Waals surface area contributed by atoms with Crippen molar-refractivity contribution in [2.75, 3.05) is 0 Å². The molecule has 0 N–H and O–H groups in total. The number of benzene rings is 9. The van der Waals surface area contributed by atoms with Crippen LogP contribution in [0.5, 0.6) is 46.0 Å². The lowest BCUT2D eigenvalue weighted by Gasteiger charge is -2.09. The first-order valence-electron chi connectivity index (χ1n) is 26.9. The van der Waals surface area contributed by atoms with Gasteiger partial charge in [-0.05, 0) is 201 Å². The molecule has 0 aliphatic carbocycles. The van der Waals surface area contributed by atoms with Gasteiger partial charge in [0.05, 0.1) is 50.8 Å². The molecule has 0 fully saturated rings. The highest BCUT2D eigenvalue weighted by molar-refractivity contribution is 9.10. The molecule has 0 saturated heterocycles.